The zero-order valence-electron chi connectivity index (χ0n) is 28.3. The molecule has 2 atom stereocenters. The normalized spacial score (nSPS) is 19.0. The summed E-state index contributed by atoms with van der Waals surface area (Å²) in [4.78, 5) is 38.0. The molecular formula is C39H43N7O2. The second-order valence-corrected chi connectivity index (χ2v) is 14.5. The maximum Gasteiger partial charge on any atom is 0.324 e. The van der Waals surface area contributed by atoms with Gasteiger partial charge in [-0.25, -0.2) is 19.4 Å². The van der Waals surface area contributed by atoms with Gasteiger partial charge in [0.1, 0.15) is 5.82 Å². The minimum atomic E-state index is -0.321. The molecular weight excluding hydrogens is 598 g/mol. The summed E-state index contributed by atoms with van der Waals surface area (Å²) in [6.45, 7) is 10.3. The second kappa shape index (κ2) is 12.5. The minimum absolute atomic E-state index is 0.0990. The fraction of sp³-hybridized carbons (Fsp3) is 0.359. The van der Waals surface area contributed by atoms with Crippen LogP contribution in [0.5, 0.6) is 0 Å². The van der Waals surface area contributed by atoms with Crippen molar-refractivity contribution in [1.82, 2.24) is 24.6 Å². The molecule has 2 fully saturated rings. The number of amides is 3. The highest BCUT2D eigenvalue weighted by molar-refractivity contribution is 6.00. The minimum Gasteiger partial charge on any atom is -0.333 e. The number of rotatable bonds is 6. The lowest BCUT2D eigenvalue weighted by Gasteiger charge is -2.39. The van der Waals surface area contributed by atoms with Gasteiger partial charge in [-0.05, 0) is 99.9 Å². The number of hydrogen-bond acceptors (Lipinski definition) is 5. The molecule has 246 valence electrons. The van der Waals surface area contributed by atoms with E-state index in [1.54, 1.807) is 10.9 Å². The van der Waals surface area contributed by atoms with E-state index >= 15 is 0 Å². The van der Waals surface area contributed by atoms with Crippen molar-refractivity contribution in [3.8, 4) is 5.69 Å². The molecule has 2 saturated heterocycles. The number of piperidine rings is 1. The van der Waals surface area contributed by atoms with Gasteiger partial charge in [-0.15, -0.1) is 0 Å². The molecule has 3 aromatic heterocycles. The van der Waals surface area contributed by atoms with Crippen LogP contribution < -0.4 is 10.6 Å². The Kier molecular flexibility index (Phi) is 8.23. The molecule has 0 aliphatic carbocycles. The van der Waals surface area contributed by atoms with Crippen LogP contribution in [-0.2, 0) is 11.8 Å². The number of aromatic nitrogens is 4. The van der Waals surface area contributed by atoms with Crippen molar-refractivity contribution in [3.63, 3.8) is 0 Å². The molecule has 2 unspecified atom stereocenters. The largest absolute Gasteiger partial charge is 0.333 e. The van der Waals surface area contributed by atoms with Crippen molar-refractivity contribution >= 4 is 34.5 Å². The van der Waals surface area contributed by atoms with E-state index in [0.717, 1.165) is 65.8 Å². The lowest BCUT2D eigenvalue weighted by molar-refractivity contribution is 0.0523. The van der Waals surface area contributed by atoms with Crippen molar-refractivity contribution in [1.29, 1.82) is 0 Å². The van der Waals surface area contributed by atoms with Gasteiger partial charge < -0.3 is 10.2 Å². The van der Waals surface area contributed by atoms with Crippen LogP contribution in [-0.4, -0.2) is 48.7 Å². The molecule has 48 heavy (non-hydrogen) atoms. The van der Waals surface area contributed by atoms with Gasteiger partial charge >= 0.3 is 6.03 Å². The van der Waals surface area contributed by atoms with E-state index in [2.05, 4.69) is 58.4 Å². The predicted molar refractivity (Wildman–Crippen MR) is 190 cm³/mol. The average Bonchev–Trinajstić information content (AvgIpc) is 3.60. The summed E-state index contributed by atoms with van der Waals surface area (Å²) in [6.07, 6.45) is 6.78. The van der Waals surface area contributed by atoms with Crippen LogP contribution in [0.3, 0.4) is 0 Å². The molecule has 2 bridgehead atoms. The number of pyridine rings is 2. The summed E-state index contributed by atoms with van der Waals surface area (Å²) in [5.74, 6) is 1.22. The number of nitrogens with zero attached hydrogens (tertiary/aromatic N) is 5. The first-order chi connectivity index (χ1) is 23.0. The molecule has 9 nitrogen and oxygen atoms in total. The van der Waals surface area contributed by atoms with Crippen LogP contribution in [0.4, 0.5) is 16.3 Å². The van der Waals surface area contributed by atoms with Crippen LogP contribution in [0.2, 0.25) is 0 Å². The Morgan fingerprint density at radius 1 is 0.896 bits per heavy atom. The molecule has 7 rings (SSSR count). The maximum absolute atomic E-state index is 13.8. The van der Waals surface area contributed by atoms with Crippen LogP contribution in [0.1, 0.15) is 79.3 Å². The van der Waals surface area contributed by atoms with Gasteiger partial charge in [-0.1, -0.05) is 50.6 Å². The van der Waals surface area contributed by atoms with Crippen molar-refractivity contribution in [2.24, 2.45) is 5.92 Å². The summed E-state index contributed by atoms with van der Waals surface area (Å²) in [7, 11) is 0. The Labute approximate surface area is 281 Å². The van der Waals surface area contributed by atoms with Gasteiger partial charge in [0, 0.05) is 40.8 Å². The summed E-state index contributed by atoms with van der Waals surface area (Å²) in [6, 6.07) is 24.1. The highest BCUT2D eigenvalue weighted by Gasteiger charge is 2.43. The molecule has 5 aromatic rings. The van der Waals surface area contributed by atoms with Crippen molar-refractivity contribution in [2.75, 3.05) is 10.6 Å². The van der Waals surface area contributed by atoms with Gasteiger partial charge in [-0.3, -0.25) is 10.1 Å². The number of fused-ring (bicyclic) bond motifs is 3. The zero-order chi connectivity index (χ0) is 33.6. The third kappa shape index (κ3) is 6.41. The quantitative estimate of drug-likeness (QED) is 0.196. The van der Waals surface area contributed by atoms with Crippen molar-refractivity contribution in [2.45, 2.75) is 84.2 Å². The molecule has 2 aromatic carbocycles. The number of carbonyl (C=O) groups is 2. The van der Waals surface area contributed by atoms with Gasteiger partial charge in [0.15, 0.2) is 5.65 Å². The number of anilines is 2. The molecule has 5 heterocycles. The van der Waals surface area contributed by atoms with Gasteiger partial charge in [0.2, 0.25) is 0 Å². The Hall–Kier alpha value is -5.05. The summed E-state index contributed by atoms with van der Waals surface area (Å²) in [5.41, 5.74) is 6.83. The standard InChI is InChI=1S/C39H43N7O2/c1-24-8-14-30(15-9-24)46-35(23-34(44-46)39(3,4)5)43-38(48)42-29-12-10-26(11-13-29)19-27-20-31-16-17-32(21-27)45(31)37(47)33-22-28-7-6-18-40-36(28)41-25(33)2/h6-15,18,22-23,27,31-32H,16-17,19-21H2,1-5H3,(H2,42,43,48). The van der Waals surface area contributed by atoms with Crippen LogP contribution in [0.15, 0.2) is 79.0 Å². The first-order valence-electron chi connectivity index (χ1n) is 16.9. The van der Waals surface area contributed by atoms with Crippen LogP contribution in [0.25, 0.3) is 16.7 Å². The number of carbonyl (C=O) groups excluding carboxylic acids is 2. The van der Waals surface area contributed by atoms with Crippen LogP contribution in [0, 0.1) is 19.8 Å². The molecule has 3 amide bonds. The third-order valence-corrected chi connectivity index (χ3v) is 9.81. The Balaban J connectivity index is 0.979. The Bertz CT molecular complexity index is 1960. The smallest absolute Gasteiger partial charge is 0.324 e. The van der Waals surface area contributed by atoms with Crippen LogP contribution >= 0.6 is 0 Å². The first-order valence-corrected chi connectivity index (χ1v) is 16.9. The topological polar surface area (TPSA) is 105 Å². The fourth-order valence-corrected chi connectivity index (χ4v) is 7.29. The predicted octanol–water partition coefficient (Wildman–Crippen LogP) is 8.00. The number of benzene rings is 2. The summed E-state index contributed by atoms with van der Waals surface area (Å²) in [5, 5.41) is 11.7. The second-order valence-electron chi connectivity index (χ2n) is 14.5. The highest BCUT2D eigenvalue weighted by atomic mass is 16.2. The molecule has 2 N–H and O–H groups in total. The Morgan fingerprint density at radius 3 is 2.29 bits per heavy atom. The third-order valence-electron chi connectivity index (χ3n) is 9.81. The lowest BCUT2D eigenvalue weighted by atomic mass is 9.85. The van der Waals surface area contributed by atoms with E-state index in [1.807, 2.05) is 74.5 Å². The van der Waals surface area contributed by atoms with Crippen molar-refractivity contribution < 1.29 is 9.59 Å². The Morgan fingerprint density at radius 2 is 1.60 bits per heavy atom. The molecule has 9 heteroatoms. The molecule has 0 spiro atoms. The maximum atomic E-state index is 13.8. The van der Waals surface area contributed by atoms with E-state index in [9.17, 15) is 9.59 Å². The number of aryl methyl sites for hydroxylation is 2. The van der Waals surface area contributed by atoms with Crippen molar-refractivity contribution in [3.05, 3.63) is 107 Å². The van der Waals surface area contributed by atoms with Gasteiger partial charge in [0.05, 0.1) is 22.6 Å². The number of nitrogens with one attached hydrogen (secondary N) is 2. The van der Waals surface area contributed by atoms with E-state index in [0.29, 0.717) is 22.9 Å². The SMILES string of the molecule is Cc1ccc(-n2nc(C(C)(C)C)cc2NC(=O)Nc2ccc(CC3CC4CCC(C3)N4C(=O)c3cc4cccnc4nc3C)cc2)cc1. The fourth-order valence-electron chi connectivity index (χ4n) is 7.29. The van der Waals surface area contributed by atoms with E-state index in [-0.39, 0.29) is 29.4 Å². The molecule has 2 aliphatic heterocycles. The monoisotopic (exact) mass is 641 g/mol. The molecule has 2 aliphatic rings. The summed E-state index contributed by atoms with van der Waals surface area (Å²) < 4.78 is 1.78. The molecule has 0 radical (unpaired) electrons. The highest BCUT2D eigenvalue weighted by Crippen LogP contribution is 2.41. The first kappa shape index (κ1) is 31.5. The number of urea groups is 1. The van der Waals surface area contributed by atoms with E-state index < -0.39 is 0 Å². The average molecular weight is 642 g/mol. The van der Waals surface area contributed by atoms with Gasteiger partial charge in [0.25, 0.3) is 5.91 Å². The zero-order valence-corrected chi connectivity index (χ0v) is 28.3. The number of hydrogen-bond donors (Lipinski definition) is 2. The summed E-state index contributed by atoms with van der Waals surface area (Å²) >= 11 is 0. The molecule has 0 saturated carbocycles. The van der Waals surface area contributed by atoms with E-state index in [1.165, 1.54) is 5.56 Å². The van der Waals surface area contributed by atoms with Gasteiger partial charge in [-0.2, -0.15) is 5.10 Å². The lowest BCUT2D eigenvalue weighted by Crippen LogP contribution is -2.47. The van der Waals surface area contributed by atoms with E-state index in [4.69, 9.17) is 5.10 Å².